The van der Waals surface area contributed by atoms with E-state index < -0.39 is 5.60 Å². The number of hydrogen-bond donors (Lipinski definition) is 2. The Morgan fingerprint density at radius 3 is 2.76 bits per heavy atom. The van der Waals surface area contributed by atoms with Gasteiger partial charge in [-0.25, -0.2) is 0 Å². The van der Waals surface area contributed by atoms with E-state index in [4.69, 9.17) is 9.47 Å². The summed E-state index contributed by atoms with van der Waals surface area (Å²) in [7, 11) is 1.71. The maximum Gasteiger partial charge on any atom is 0.0686 e. The van der Waals surface area contributed by atoms with E-state index in [2.05, 4.69) is 5.32 Å². The first-order chi connectivity index (χ1) is 10.1. The fourth-order valence-electron chi connectivity index (χ4n) is 3.95. The lowest BCUT2D eigenvalue weighted by Crippen LogP contribution is -2.49. The minimum atomic E-state index is -0.589. The third-order valence-electron chi connectivity index (χ3n) is 5.43. The Morgan fingerprint density at radius 1 is 1.29 bits per heavy atom. The highest BCUT2D eigenvalue weighted by molar-refractivity contribution is 4.95. The first-order valence-corrected chi connectivity index (χ1v) is 8.64. The smallest absolute Gasteiger partial charge is 0.0686 e. The summed E-state index contributed by atoms with van der Waals surface area (Å²) in [6, 6.07) is 0. The topological polar surface area (TPSA) is 50.7 Å². The largest absolute Gasteiger partial charge is 0.390 e. The third kappa shape index (κ3) is 4.92. The zero-order chi connectivity index (χ0) is 15.2. The zero-order valence-corrected chi connectivity index (χ0v) is 13.8. The molecule has 1 aliphatic heterocycles. The van der Waals surface area contributed by atoms with Gasteiger partial charge >= 0.3 is 0 Å². The molecule has 0 aromatic heterocycles. The van der Waals surface area contributed by atoms with Crippen LogP contribution in [-0.4, -0.2) is 49.7 Å². The summed E-state index contributed by atoms with van der Waals surface area (Å²) in [5, 5.41) is 14.2. The van der Waals surface area contributed by atoms with E-state index >= 15 is 0 Å². The molecule has 4 nitrogen and oxygen atoms in total. The fraction of sp³-hybridized carbons (Fsp3) is 1.00. The van der Waals surface area contributed by atoms with Crippen molar-refractivity contribution in [1.29, 1.82) is 0 Å². The second-order valence-electron chi connectivity index (χ2n) is 7.13. The molecule has 2 fully saturated rings. The highest BCUT2D eigenvalue weighted by atomic mass is 16.5. The molecule has 0 aromatic carbocycles. The predicted octanol–water partition coefficient (Wildman–Crippen LogP) is 2.49. The second-order valence-corrected chi connectivity index (χ2v) is 7.13. The molecule has 1 heterocycles. The number of rotatable bonds is 7. The van der Waals surface area contributed by atoms with Gasteiger partial charge in [-0.2, -0.15) is 0 Å². The first-order valence-electron chi connectivity index (χ1n) is 8.64. The van der Waals surface area contributed by atoms with Crippen LogP contribution >= 0.6 is 0 Å². The van der Waals surface area contributed by atoms with Crippen LogP contribution in [0.5, 0.6) is 0 Å². The molecule has 1 saturated heterocycles. The van der Waals surface area contributed by atoms with Gasteiger partial charge in [-0.15, -0.1) is 0 Å². The Kier molecular flexibility index (Phi) is 6.48. The monoisotopic (exact) mass is 299 g/mol. The van der Waals surface area contributed by atoms with E-state index in [1.54, 1.807) is 7.11 Å². The van der Waals surface area contributed by atoms with Gasteiger partial charge in [0, 0.05) is 20.3 Å². The molecule has 124 valence electrons. The Morgan fingerprint density at radius 2 is 2.05 bits per heavy atom. The van der Waals surface area contributed by atoms with Crippen molar-refractivity contribution < 1.29 is 14.6 Å². The van der Waals surface area contributed by atoms with Crippen LogP contribution in [0.15, 0.2) is 0 Å². The molecule has 0 amide bonds. The molecule has 0 aromatic rings. The van der Waals surface area contributed by atoms with Crippen LogP contribution in [0.1, 0.15) is 58.3 Å². The molecule has 21 heavy (non-hydrogen) atoms. The Hall–Kier alpha value is -0.160. The molecular formula is C17H33NO3. The second kappa shape index (κ2) is 7.91. The molecule has 2 atom stereocenters. The lowest BCUT2D eigenvalue weighted by Gasteiger charge is -2.47. The Balaban J connectivity index is 1.81. The normalized spacial score (nSPS) is 28.4. The van der Waals surface area contributed by atoms with E-state index in [0.29, 0.717) is 5.92 Å². The van der Waals surface area contributed by atoms with Crippen LogP contribution in [0.4, 0.5) is 0 Å². The molecule has 1 saturated carbocycles. The molecular weight excluding hydrogens is 266 g/mol. The molecule has 2 rings (SSSR count). The van der Waals surface area contributed by atoms with Crippen molar-refractivity contribution in [2.45, 2.75) is 69.5 Å². The highest BCUT2D eigenvalue weighted by Crippen LogP contribution is 2.44. The van der Waals surface area contributed by atoms with Gasteiger partial charge in [-0.3, -0.25) is 0 Å². The summed E-state index contributed by atoms with van der Waals surface area (Å²) in [4.78, 5) is 0. The molecule has 4 heteroatoms. The van der Waals surface area contributed by atoms with Crippen molar-refractivity contribution in [1.82, 2.24) is 5.32 Å². The van der Waals surface area contributed by atoms with Crippen LogP contribution in [0.2, 0.25) is 0 Å². The molecule has 1 aliphatic carbocycles. The zero-order valence-electron chi connectivity index (χ0n) is 13.8. The van der Waals surface area contributed by atoms with Gasteiger partial charge in [0.2, 0.25) is 0 Å². The fourth-order valence-corrected chi connectivity index (χ4v) is 3.95. The third-order valence-corrected chi connectivity index (χ3v) is 5.43. The van der Waals surface area contributed by atoms with Crippen LogP contribution in [0.3, 0.4) is 0 Å². The van der Waals surface area contributed by atoms with Crippen molar-refractivity contribution >= 4 is 0 Å². The summed E-state index contributed by atoms with van der Waals surface area (Å²) in [6.45, 7) is 5.25. The first kappa shape index (κ1) is 17.2. The van der Waals surface area contributed by atoms with Crippen molar-refractivity contribution in [3.8, 4) is 0 Å². The Bertz CT molecular complexity index is 295. The van der Waals surface area contributed by atoms with Crippen molar-refractivity contribution in [2.75, 3.05) is 33.4 Å². The predicted molar refractivity (Wildman–Crippen MR) is 84.5 cm³/mol. The molecule has 0 radical (unpaired) electrons. The number of nitrogens with one attached hydrogen (secondary N) is 1. The van der Waals surface area contributed by atoms with Gasteiger partial charge in [0.1, 0.15) is 0 Å². The number of aliphatic hydroxyl groups is 1. The molecule has 2 N–H and O–H groups in total. The molecule has 0 bridgehead atoms. The van der Waals surface area contributed by atoms with Gasteiger partial charge in [0.15, 0.2) is 0 Å². The summed E-state index contributed by atoms with van der Waals surface area (Å²) >= 11 is 0. The quantitative estimate of drug-likeness (QED) is 0.709. The van der Waals surface area contributed by atoms with E-state index in [1.807, 2.05) is 6.92 Å². The minimum Gasteiger partial charge on any atom is -0.390 e. The van der Waals surface area contributed by atoms with Gasteiger partial charge in [-0.1, -0.05) is 19.3 Å². The minimum absolute atomic E-state index is 0.0780. The van der Waals surface area contributed by atoms with E-state index in [9.17, 15) is 5.11 Å². The summed E-state index contributed by atoms with van der Waals surface area (Å²) < 4.78 is 11.2. The van der Waals surface area contributed by atoms with Crippen LogP contribution in [0.25, 0.3) is 0 Å². The SMILES string of the molecule is COCCNCCC(C)(O)C1CCOC2(CCCCC2)C1. The number of hydrogen-bond acceptors (Lipinski definition) is 4. The van der Waals surface area contributed by atoms with Gasteiger partial charge in [0.05, 0.1) is 17.8 Å². The van der Waals surface area contributed by atoms with E-state index in [0.717, 1.165) is 45.6 Å². The highest BCUT2D eigenvalue weighted by Gasteiger charge is 2.44. The van der Waals surface area contributed by atoms with Crippen molar-refractivity contribution in [2.24, 2.45) is 5.92 Å². The average Bonchev–Trinajstić information content (AvgIpc) is 2.48. The number of methoxy groups -OCH3 is 1. The molecule has 1 spiro atoms. The van der Waals surface area contributed by atoms with Crippen molar-refractivity contribution in [3.63, 3.8) is 0 Å². The van der Waals surface area contributed by atoms with Gasteiger partial charge < -0.3 is 19.9 Å². The number of ether oxygens (including phenoxy) is 2. The maximum atomic E-state index is 10.9. The average molecular weight is 299 g/mol. The van der Waals surface area contributed by atoms with E-state index in [-0.39, 0.29) is 5.60 Å². The molecule has 2 aliphatic rings. The lowest BCUT2D eigenvalue weighted by atomic mass is 9.70. The standard InChI is InChI=1S/C17H33NO3/c1-16(19,9-10-18-11-13-20-2)15-6-12-21-17(14-15)7-4-3-5-8-17/h15,18-19H,3-14H2,1-2H3. The van der Waals surface area contributed by atoms with E-state index in [1.165, 1.54) is 32.1 Å². The van der Waals surface area contributed by atoms with Crippen LogP contribution in [-0.2, 0) is 9.47 Å². The summed E-state index contributed by atoms with van der Waals surface area (Å²) in [6.07, 6.45) is 9.12. The summed E-state index contributed by atoms with van der Waals surface area (Å²) in [5.41, 5.74) is -0.511. The lowest BCUT2D eigenvalue weighted by molar-refractivity contribution is -0.153. The maximum absolute atomic E-state index is 10.9. The van der Waals surface area contributed by atoms with Gasteiger partial charge in [-0.05, 0) is 51.5 Å². The summed E-state index contributed by atoms with van der Waals surface area (Å²) in [5.74, 6) is 0.369. The molecule has 2 unspecified atom stereocenters. The Labute approximate surface area is 129 Å². The van der Waals surface area contributed by atoms with Gasteiger partial charge in [0.25, 0.3) is 0 Å². The van der Waals surface area contributed by atoms with Crippen molar-refractivity contribution in [3.05, 3.63) is 0 Å². The van der Waals surface area contributed by atoms with Crippen LogP contribution < -0.4 is 5.32 Å². The van der Waals surface area contributed by atoms with Crippen LogP contribution in [0, 0.1) is 5.92 Å².